The third-order valence-corrected chi connectivity index (χ3v) is 5.43. The first-order chi connectivity index (χ1) is 14.8. The number of ether oxygens (including phenoxy) is 1. The molecule has 31 heavy (non-hydrogen) atoms. The van der Waals surface area contributed by atoms with E-state index in [2.05, 4.69) is 15.5 Å². The van der Waals surface area contributed by atoms with E-state index < -0.39 is 22.5 Å². The molecule has 9 nitrogen and oxygen atoms in total. The Labute approximate surface area is 181 Å². The van der Waals surface area contributed by atoms with Gasteiger partial charge in [-0.25, -0.2) is 8.42 Å². The average molecular weight is 445 g/mol. The Kier molecular flexibility index (Phi) is 6.91. The summed E-state index contributed by atoms with van der Waals surface area (Å²) >= 11 is 0. The van der Waals surface area contributed by atoms with Gasteiger partial charge in [0.15, 0.2) is 0 Å². The third-order valence-electron chi connectivity index (χ3n) is 4.30. The van der Waals surface area contributed by atoms with Crippen LogP contribution in [0.15, 0.2) is 53.1 Å². The molecule has 0 unspecified atom stereocenters. The fourth-order valence-electron chi connectivity index (χ4n) is 2.91. The van der Waals surface area contributed by atoms with E-state index >= 15 is 0 Å². The highest BCUT2D eigenvalue weighted by Gasteiger charge is 2.24. The monoisotopic (exact) mass is 444 g/mol. The first kappa shape index (κ1) is 22.3. The van der Waals surface area contributed by atoms with E-state index in [0.29, 0.717) is 23.9 Å². The van der Waals surface area contributed by atoms with Crippen LogP contribution >= 0.6 is 0 Å². The molecule has 0 aliphatic carbocycles. The van der Waals surface area contributed by atoms with Gasteiger partial charge in [0.05, 0.1) is 25.1 Å². The van der Waals surface area contributed by atoms with Crippen molar-refractivity contribution in [3.63, 3.8) is 0 Å². The van der Waals surface area contributed by atoms with Crippen LogP contribution in [-0.2, 0) is 21.4 Å². The maximum Gasteiger partial charge on any atom is 0.246 e. The zero-order chi connectivity index (χ0) is 22.4. The second-order valence-electron chi connectivity index (χ2n) is 6.83. The van der Waals surface area contributed by atoms with E-state index in [0.717, 1.165) is 21.7 Å². The highest BCUT2D eigenvalue weighted by atomic mass is 32.2. The summed E-state index contributed by atoms with van der Waals surface area (Å²) in [7, 11) is -3.73. The summed E-state index contributed by atoms with van der Waals surface area (Å²) in [6, 6.07) is 14.3. The molecular formula is C21H24N4O5S. The number of aromatic nitrogens is 2. The lowest BCUT2D eigenvalue weighted by atomic mass is 10.1. The van der Waals surface area contributed by atoms with Crippen molar-refractivity contribution in [2.75, 3.05) is 23.7 Å². The van der Waals surface area contributed by atoms with Gasteiger partial charge in [-0.15, -0.1) is 0 Å². The molecule has 2 aromatic carbocycles. The van der Waals surface area contributed by atoms with Crippen molar-refractivity contribution in [3.05, 3.63) is 60.0 Å². The summed E-state index contributed by atoms with van der Waals surface area (Å²) < 4.78 is 36.4. The number of aryl methyl sites for hydroxylation is 1. The standard InChI is InChI=1S/C21H24N4O5S/c1-4-29-18-11-6-5-10-17(18)25(31(3,27)28)14-19(26)22-13-20-23-21(24-30-20)16-9-7-8-15(2)12-16/h5-12H,4,13-14H2,1-3H3,(H,22,26). The number of benzene rings is 2. The molecule has 3 rings (SSSR count). The Balaban J connectivity index is 1.69. The van der Waals surface area contributed by atoms with E-state index in [1.54, 1.807) is 31.2 Å². The van der Waals surface area contributed by atoms with Crippen LogP contribution in [0.1, 0.15) is 18.4 Å². The summed E-state index contributed by atoms with van der Waals surface area (Å²) in [5, 5.41) is 6.54. The fraction of sp³-hybridized carbons (Fsp3) is 0.286. The normalized spacial score (nSPS) is 11.2. The predicted octanol–water partition coefficient (Wildman–Crippen LogP) is 2.53. The maximum absolute atomic E-state index is 12.5. The van der Waals surface area contributed by atoms with Gasteiger partial charge in [0.2, 0.25) is 27.6 Å². The van der Waals surface area contributed by atoms with Crippen LogP contribution in [0.25, 0.3) is 11.4 Å². The van der Waals surface area contributed by atoms with Gasteiger partial charge in [0, 0.05) is 5.56 Å². The Morgan fingerprint density at radius 1 is 1.19 bits per heavy atom. The third kappa shape index (κ3) is 5.82. The van der Waals surface area contributed by atoms with Crippen molar-refractivity contribution in [2.24, 2.45) is 0 Å². The molecule has 0 atom stereocenters. The number of amides is 1. The Morgan fingerprint density at radius 2 is 1.97 bits per heavy atom. The lowest BCUT2D eigenvalue weighted by Gasteiger charge is -2.23. The highest BCUT2D eigenvalue weighted by molar-refractivity contribution is 7.92. The van der Waals surface area contributed by atoms with E-state index in [1.165, 1.54) is 0 Å². The molecule has 0 radical (unpaired) electrons. The van der Waals surface area contributed by atoms with Gasteiger partial charge in [-0.1, -0.05) is 41.1 Å². The van der Waals surface area contributed by atoms with E-state index in [1.807, 2.05) is 31.2 Å². The quantitative estimate of drug-likeness (QED) is 0.539. The number of hydrogen-bond donors (Lipinski definition) is 1. The van der Waals surface area contributed by atoms with Crippen LogP contribution in [0.5, 0.6) is 5.75 Å². The topological polar surface area (TPSA) is 115 Å². The van der Waals surface area contributed by atoms with Crippen LogP contribution in [0.4, 0.5) is 5.69 Å². The van der Waals surface area contributed by atoms with Gasteiger partial charge in [-0.05, 0) is 32.0 Å². The van der Waals surface area contributed by atoms with Gasteiger partial charge in [-0.3, -0.25) is 9.10 Å². The number of carbonyl (C=O) groups is 1. The number of nitrogens with zero attached hydrogens (tertiary/aromatic N) is 3. The van der Waals surface area contributed by atoms with Gasteiger partial charge >= 0.3 is 0 Å². The molecule has 0 fully saturated rings. The number of hydrogen-bond acceptors (Lipinski definition) is 7. The van der Waals surface area contributed by atoms with Crippen molar-refractivity contribution in [1.82, 2.24) is 15.5 Å². The number of carbonyl (C=O) groups excluding carboxylic acids is 1. The number of anilines is 1. The van der Waals surface area contributed by atoms with Gasteiger partial charge < -0.3 is 14.6 Å². The minimum absolute atomic E-state index is 0.0254. The summed E-state index contributed by atoms with van der Waals surface area (Å²) in [5.41, 5.74) is 2.16. The number of sulfonamides is 1. The Morgan fingerprint density at radius 3 is 2.68 bits per heavy atom. The van der Waals surface area contributed by atoms with Crippen molar-refractivity contribution < 1.29 is 22.5 Å². The second kappa shape index (κ2) is 9.61. The first-order valence-electron chi connectivity index (χ1n) is 9.63. The minimum atomic E-state index is -3.73. The van der Waals surface area contributed by atoms with Crippen LogP contribution in [0.3, 0.4) is 0 Å². The molecule has 0 saturated heterocycles. The van der Waals surface area contributed by atoms with Crippen molar-refractivity contribution in [2.45, 2.75) is 20.4 Å². The summed E-state index contributed by atoms with van der Waals surface area (Å²) in [4.78, 5) is 16.8. The summed E-state index contributed by atoms with van der Waals surface area (Å²) in [6.07, 6.45) is 1.04. The van der Waals surface area contributed by atoms with Crippen LogP contribution in [0.2, 0.25) is 0 Å². The molecule has 0 aliphatic heterocycles. The van der Waals surface area contributed by atoms with Gasteiger partial charge in [0.1, 0.15) is 12.3 Å². The molecular weight excluding hydrogens is 420 g/mol. The number of nitrogens with one attached hydrogen (secondary N) is 1. The number of rotatable bonds is 9. The first-order valence-corrected chi connectivity index (χ1v) is 11.5. The van der Waals surface area contributed by atoms with E-state index in [9.17, 15) is 13.2 Å². The van der Waals surface area contributed by atoms with Gasteiger partial charge in [-0.2, -0.15) is 4.98 Å². The number of para-hydroxylation sites is 2. The molecule has 10 heteroatoms. The zero-order valence-corrected chi connectivity index (χ0v) is 18.3. The molecule has 0 saturated carbocycles. The lowest BCUT2D eigenvalue weighted by Crippen LogP contribution is -2.40. The van der Waals surface area contributed by atoms with Gasteiger partial charge in [0.25, 0.3) is 0 Å². The Bertz CT molecular complexity index is 1160. The predicted molar refractivity (Wildman–Crippen MR) is 116 cm³/mol. The SMILES string of the molecule is CCOc1ccccc1N(CC(=O)NCc1nc(-c2cccc(C)c2)no1)S(C)(=O)=O. The van der Waals surface area contributed by atoms with Crippen LogP contribution in [0, 0.1) is 6.92 Å². The van der Waals surface area contributed by atoms with E-state index in [-0.39, 0.29) is 12.4 Å². The summed E-state index contributed by atoms with van der Waals surface area (Å²) in [5.74, 6) is 0.483. The zero-order valence-electron chi connectivity index (χ0n) is 17.5. The molecule has 1 amide bonds. The largest absolute Gasteiger partial charge is 0.492 e. The Hall–Kier alpha value is -3.40. The average Bonchev–Trinajstić information content (AvgIpc) is 3.20. The van der Waals surface area contributed by atoms with Crippen molar-refractivity contribution in [3.8, 4) is 17.1 Å². The van der Waals surface area contributed by atoms with Crippen LogP contribution < -0.4 is 14.4 Å². The van der Waals surface area contributed by atoms with Crippen LogP contribution in [-0.4, -0.2) is 43.9 Å². The minimum Gasteiger partial charge on any atom is -0.492 e. The molecule has 1 heterocycles. The molecule has 1 N–H and O–H groups in total. The lowest BCUT2D eigenvalue weighted by molar-refractivity contribution is -0.119. The van der Waals surface area contributed by atoms with Crippen molar-refractivity contribution >= 4 is 21.6 Å². The molecule has 0 spiro atoms. The molecule has 164 valence electrons. The maximum atomic E-state index is 12.5. The van der Waals surface area contributed by atoms with Crippen molar-refractivity contribution in [1.29, 1.82) is 0 Å². The molecule has 3 aromatic rings. The second-order valence-corrected chi connectivity index (χ2v) is 8.74. The molecule has 1 aromatic heterocycles. The van der Waals surface area contributed by atoms with E-state index in [4.69, 9.17) is 9.26 Å². The smallest absolute Gasteiger partial charge is 0.246 e. The summed E-state index contributed by atoms with van der Waals surface area (Å²) in [6.45, 7) is 3.68. The fourth-order valence-corrected chi connectivity index (χ4v) is 3.77. The molecule has 0 aliphatic rings. The molecule has 0 bridgehead atoms. The highest BCUT2D eigenvalue weighted by Crippen LogP contribution is 2.29.